The molecule has 1 saturated heterocycles. The third kappa shape index (κ3) is 2.55. The van der Waals surface area contributed by atoms with E-state index in [0.29, 0.717) is 6.04 Å². The number of hydrogen-bond donors (Lipinski definition) is 1. The van der Waals surface area contributed by atoms with Crippen LogP contribution in [0.15, 0.2) is 53.1 Å². The van der Waals surface area contributed by atoms with Crippen molar-refractivity contribution in [2.45, 2.75) is 37.4 Å². The Labute approximate surface area is 130 Å². The number of rotatable bonds is 5. The Kier molecular flexibility index (Phi) is 3.47. The molecule has 22 heavy (non-hydrogen) atoms. The van der Waals surface area contributed by atoms with Crippen LogP contribution in [0.1, 0.15) is 36.6 Å². The molecule has 2 fully saturated rings. The molecule has 2 aliphatic rings. The molecule has 2 aromatic rings. The summed E-state index contributed by atoms with van der Waals surface area (Å²) in [4.78, 5) is 14.6. The van der Waals surface area contributed by atoms with Crippen LogP contribution in [0.2, 0.25) is 0 Å². The molecule has 1 aromatic carbocycles. The van der Waals surface area contributed by atoms with Gasteiger partial charge < -0.3 is 9.32 Å². The zero-order valence-corrected chi connectivity index (χ0v) is 12.4. The fourth-order valence-corrected chi connectivity index (χ4v) is 3.25. The molecular weight excluding hydrogens is 276 g/mol. The second-order valence-corrected chi connectivity index (χ2v) is 6.13. The SMILES string of the molecule is O=C1[C@H](N[C@@H](c2ccccc2)c2ccco2)CCN1C1CC1. The predicted molar refractivity (Wildman–Crippen MR) is 83.3 cm³/mol. The van der Waals surface area contributed by atoms with E-state index in [1.165, 1.54) is 12.8 Å². The van der Waals surface area contributed by atoms with Crippen molar-refractivity contribution in [1.29, 1.82) is 0 Å². The summed E-state index contributed by atoms with van der Waals surface area (Å²) in [5.74, 6) is 1.10. The second kappa shape index (κ2) is 5.61. The molecular formula is C18H20N2O2. The van der Waals surface area contributed by atoms with Crippen LogP contribution >= 0.6 is 0 Å². The Morgan fingerprint density at radius 3 is 2.59 bits per heavy atom. The van der Waals surface area contributed by atoms with Crippen molar-refractivity contribution in [3.8, 4) is 0 Å². The normalized spacial score (nSPS) is 23.0. The van der Waals surface area contributed by atoms with Gasteiger partial charge in [-0.2, -0.15) is 0 Å². The standard InChI is InChI=1S/C18H20N2O2/c21-18-15(10-11-20(18)14-8-9-14)19-17(16-7-4-12-22-16)13-5-2-1-3-6-13/h1-7,12,14-15,17,19H,8-11H2/t15-,17+/m1/s1. The van der Waals surface area contributed by atoms with Crippen molar-refractivity contribution in [2.75, 3.05) is 6.54 Å². The van der Waals surface area contributed by atoms with Gasteiger partial charge in [0.15, 0.2) is 0 Å². The summed E-state index contributed by atoms with van der Waals surface area (Å²) >= 11 is 0. The third-order valence-corrected chi connectivity index (χ3v) is 4.56. The number of furan rings is 1. The number of nitrogens with zero attached hydrogens (tertiary/aromatic N) is 1. The number of carbonyl (C=O) groups is 1. The summed E-state index contributed by atoms with van der Waals surface area (Å²) in [7, 11) is 0. The van der Waals surface area contributed by atoms with E-state index >= 15 is 0 Å². The van der Waals surface area contributed by atoms with Crippen LogP contribution in [0.25, 0.3) is 0 Å². The second-order valence-electron chi connectivity index (χ2n) is 6.13. The van der Waals surface area contributed by atoms with E-state index < -0.39 is 0 Å². The van der Waals surface area contributed by atoms with Crippen molar-refractivity contribution >= 4 is 5.91 Å². The van der Waals surface area contributed by atoms with Crippen molar-refractivity contribution in [3.63, 3.8) is 0 Å². The van der Waals surface area contributed by atoms with Gasteiger partial charge in [0.1, 0.15) is 5.76 Å². The highest BCUT2D eigenvalue weighted by atomic mass is 16.3. The molecule has 1 aliphatic carbocycles. The zero-order chi connectivity index (χ0) is 14.9. The highest BCUT2D eigenvalue weighted by molar-refractivity contribution is 5.84. The van der Waals surface area contributed by atoms with Gasteiger partial charge >= 0.3 is 0 Å². The first kappa shape index (κ1) is 13.6. The Morgan fingerprint density at radius 1 is 1.09 bits per heavy atom. The Balaban J connectivity index is 1.56. The van der Waals surface area contributed by atoms with Crippen LogP contribution in [0, 0.1) is 0 Å². The third-order valence-electron chi connectivity index (χ3n) is 4.56. The number of benzene rings is 1. The van der Waals surface area contributed by atoms with Gasteiger partial charge in [0.05, 0.1) is 18.3 Å². The minimum Gasteiger partial charge on any atom is -0.467 e. The zero-order valence-electron chi connectivity index (χ0n) is 12.4. The summed E-state index contributed by atoms with van der Waals surface area (Å²) in [6, 6.07) is 14.3. The average Bonchev–Trinajstić information content (AvgIpc) is 3.12. The van der Waals surface area contributed by atoms with E-state index in [1.54, 1.807) is 6.26 Å². The molecule has 0 radical (unpaired) electrons. The maximum atomic E-state index is 12.6. The Hall–Kier alpha value is -2.07. The van der Waals surface area contributed by atoms with E-state index in [9.17, 15) is 4.79 Å². The highest BCUT2D eigenvalue weighted by Crippen LogP contribution is 2.32. The van der Waals surface area contributed by atoms with Gasteiger partial charge in [0.2, 0.25) is 5.91 Å². The minimum absolute atomic E-state index is 0.0793. The summed E-state index contributed by atoms with van der Waals surface area (Å²) < 4.78 is 5.59. The van der Waals surface area contributed by atoms with Crippen LogP contribution in [0.5, 0.6) is 0 Å². The van der Waals surface area contributed by atoms with Gasteiger partial charge in [-0.3, -0.25) is 10.1 Å². The molecule has 0 bridgehead atoms. The van der Waals surface area contributed by atoms with Crippen LogP contribution in [0.3, 0.4) is 0 Å². The molecule has 1 saturated carbocycles. The van der Waals surface area contributed by atoms with E-state index in [-0.39, 0.29) is 18.0 Å². The summed E-state index contributed by atoms with van der Waals surface area (Å²) in [5, 5.41) is 3.51. The van der Waals surface area contributed by atoms with Crippen molar-refractivity contribution in [1.82, 2.24) is 10.2 Å². The molecule has 4 heteroatoms. The predicted octanol–water partition coefficient (Wildman–Crippen LogP) is 2.72. The van der Waals surface area contributed by atoms with Crippen molar-refractivity contribution in [3.05, 3.63) is 60.1 Å². The highest BCUT2D eigenvalue weighted by Gasteiger charge is 2.41. The lowest BCUT2D eigenvalue weighted by Gasteiger charge is -2.22. The molecule has 1 aromatic heterocycles. The Bertz CT molecular complexity index is 634. The minimum atomic E-state index is -0.115. The molecule has 1 N–H and O–H groups in total. The van der Waals surface area contributed by atoms with Gasteiger partial charge in [-0.05, 0) is 37.0 Å². The summed E-state index contributed by atoms with van der Waals surface area (Å²) in [6.07, 6.45) is 4.89. The monoisotopic (exact) mass is 296 g/mol. The average molecular weight is 296 g/mol. The number of amides is 1. The molecule has 2 atom stereocenters. The van der Waals surface area contributed by atoms with E-state index in [2.05, 4.69) is 17.4 Å². The van der Waals surface area contributed by atoms with Crippen molar-refractivity contribution < 1.29 is 9.21 Å². The van der Waals surface area contributed by atoms with Gasteiger partial charge in [-0.25, -0.2) is 0 Å². The first-order valence-corrected chi connectivity index (χ1v) is 7.98. The molecule has 0 unspecified atom stereocenters. The van der Waals surface area contributed by atoms with E-state index in [1.807, 2.05) is 35.2 Å². The topological polar surface area (TPSA) is 45.5 Å². The van der Waals surface area contributed by atoms with Gasteiger partial charge in [0, 0.05) is 12.6 Å². The van der Waals surface area contributed by atoms with Crippen LogP contribution in [-0.2, 0) is 4.79 Å². The van der Waals surface area contributed by atoms with Crippen LogP contribution < -0.4 is 5.32 Å². The van der Waals surface area contributed by atoms with E-state index in [0.717, 1.165) is 24.3 Å². The lowest BCUT2D eigenvalue weighted by atomic mass is 10.0. The smallest absolute Gasteiger partial charge is 0.240 e. The fourth-order valence-electron chi connectivity index (χ4n) is 3.25. The number of nitrogens with one attached hydrogen (secondary N) is 1. The molecule has 4 rings (SSSR count). The van der Waals surface area contributed by atoms with Crippen molar-refractivity contribution in [2.24, 2.45) is 0 Å². The largest absolute Gasteiger partial charge is 0.467 e. The summed E-state index contributed by atoms with van der Waals surface area (Å²) in [6.45, 7) is 0.876. The van der Waals surface area contributed by atoms with Crippen LogP contribution in [0.4, 0.5) is 0 Å². The number of carbonyl (C=O) groups excluding carboxylic acids is 1. The molecule has 1 aliphatic heterocycles. The lowest BCUT2D eigenvalue weighted by molar-refractivity contribution is -0.130. The molecule has 114 valence electrons. The lowest BCUT2D eigenvalue weighted by Crippen LogP contribution is -2.41. The van der Waals surface area contributed by atoms with Gasteiger partial charge in [-0.1, -0.05) is 30.3 Å². The van der Waals surface area contributed by atoms with Gasteiger partial charge in [-0.15, -0.1) is 0 Å². The summed E-state index contributed by atoms with van der Waals surface area (Å²) in [5.41, 5.74) is 1.12. The molecule has 2 heterocycles. The Morgan fingerprint density at radius 2 is 1.91 bits per heavy atom. The van der Waals surface area contributed by atoms with E-state index in [4.69, 9.17) is 4.42 Å². The number of likely N-dealkylation sites (tertiary alicyclic amines) is 1. The first-order chi connectivity index (χ1) is 10.8. The maximum Gasteiger partial charge on any atom is 0.240 e. The fraction of sp³-hybridized carbons (Fsp3) is 0.389. The molecule has 1 amide bonds. The molecule has 4 nitrogen and oxygen atoms in total. The maximum absolute atomic E-state index is 12.6. The first-order valence-electron chi connectivity index (χ1n) is 7.98. The molecule has 0 spiro atoms. The number of hydrogen-bond acceptors (Lipinski definition) is 3. The quantitative estimate of drug-likeness (QED) is 0.922. The van der Waals surface area contributed by atoms with Gasteiger partial charge in [0.25, 0.3) is 0 Å². The van der Waals surface area contributed by atoms with Crippen LogP contribution in [-0.4, -0.2) is 29.4 Å².